The Balaban J connectivity index is 2.72. The molecular weight excluding hydrogens is 400 g/mol. The number of esters is 2. The van der Waals surface area contributed by atoms with E-state index in [2.05, 4.69) is 10.3 Å². The van der Waals surface area contributed by atoms with Crippen molar-refractivity contribution in [2.45, 2.75) is 32.7 Å². The number of nitrogens with one attached hydrogen (secondary N) is 2. The molecule has 29 heavy (non-hydrogen) atoms. The second-order valence-corrected chi connectivity index (χ2v) is 6.02. The lowest BCUT2D eigenvalue weighted by atomic mass is 9.90. The molecule has 11 heteroatoms. The molecule has 1 aromatic heterocycles. The number of benzene rings is 1. The quantitative estimate of drug-likeness (QED) is 0.236. The fourth-order valence-electron chi connectivity index (χ4n) is 2.91. The van der Waals surface area contributed by atoms with Crippen LogP contribution in [0, 0.1) is 23.3 Å². The first-order valence-corrected chi connectivity index (χ1v) is 8.55. The number of carbonyl (C=O) groups excluding carboxylic acids is 3. The van der Waals surface area contributed by atoms with E-state index in [0.717, 1.165) is 13.1 Å². The molecule has 1 amide bonds. The predicted molar refractivity (Wildman–Crippen MR) is 91.6 cm³/mol. The van der Waals surface area contributed by atoms with Gasteiger partial charge in [-0.3, -0.25) is 4.79 Å². The highest BCUT2D eigenvalue weighted by Gasteiger charge is 2.50. The van der Waals surface area contributed by atoms with E-state index in [1.165, 1.54) is 13.8 Å². The Hall–Kier alpha value is -3.11. The minimum Gasteiger partial charge on any atom is -0.464 e. The average Bonchev–Trinajstić information content (AvgIpc) is 3.07. The van der Waals surface area contributed by atoms with E-state index < -0.39 is 64.0 Å². The van der Waals surface area contributed by atoms with Crippen molar-refractivity contribution in [3.8, 4) is 0 Å². The number of hydrogen-bond acceptors (Lipinski definition) is 5. The first-order chi connectivity index (χ1) is 13.6. The summed E-state index contributed by atoms with van der Waals surface area (Å²) in [5.41, 5.74) is -3.45. The van der Waals surface area contributed by atoms with Crippen LogP contribution in [0.3, 0.4) is 0 Å². The Kier molecular flexibility index (Phi) is 6.50. The van der Waals surface area contributed by atoms with Crippen LogP contribution in [-0.4, -0.2) is 41.6 Å². The average molecular weight is 418 g/mol. The maximum absolute atomic E-state index is 14.3. The molecule has 1 aromatic carbocycles. The number of H-pyrrole nitrogens is 1. The Bertz CT molecular complexity index is 955. The smallest absolute Gasteiger partial charge is 0.344 e. The SMILES string of the molecule is CCOC(=O)C(Cc1c[nH]c2c(F)c(F)c(F)c(F)c12)(NC(C)=O)C(=O)OCC. The second kappa shape index (κ2) is 8.50. The maximum atomic E-state index is 14.3. The van der Waals surface area contributed by atoms with E-state index >= 15 is 0 Å². The summed E-state index contributed by atoms with van der Waals surface area (Å²) in [6.07, 6.45) is 0.191. The molecule has 1 heterocycles. The molecule has 0 aliphatic rings. The van der Waals surface area contributed by atoms with Gasteiger partial charge < -0.3 is 19.8 Å². The Morgan fingerprint density at radius 2 is 1.48 bits per heavy atom. The van der Waals surface area contributed by atoms with E-state index in [9.17, 15) is 31.9 Å². The molecule has 2 aromatic rings. The zero-order valence-corrected chi connectivity index (χ0v) is 15.8. The van der Waals surface area contributed by atoms with Crippen molar-refractivity contribution in [2.75, 3.05) is 13.2 Å². The first kappa shape index (κ1) is 22.2. The van der Waals surface area contributed by atoms with Crippen molar-refractivity contribution in [1.82, 2.24) is 10.3 Å². The van der Waals surface area contributed by atoms with Gasteiger partial charge in [0.15, 0.2) is 23.3 Å². The van der Waals surface area contributed by atoms with Crippen molar-refractivity contribution in [3.05, 3.63) is 35.0 Å². The molecule has 0 bridgehead atoms. The monoisotopic (exact) mass is 418 g/mol. The third-order valence-corrected chi connectivity index (χ3v) is 4.07. The Morgan fingerprint density at radius 1 is 0.966 bits per heavy atom. The zero-order chi connectivity index (χ0) is 21.9. The number of carbonyl (C=O) groups is 3. The fourth-order valence-corrected chi connectivity index (χ4v) is 2.91. The number of fused-ring (bicyclic) bond motifs is 1. The molecule has 0 aliphatic heterocycles. The molecule has 0 saturated carbocycles. The van der Waals surface area contributed by atoms with E-state index in [1.807, 2.05) is 0 Å². The summed E-state index contributed by atoms with van der Waals surface area (Å²) < 4.78 is 65.3. The van der Waals surface area contributed by atoms with Gasteiger partial charge in [0.25, 0.3) is 0 Å². The number of halogens is 4. The van der Waals surface area contributed by atoms with Crippen LogP contribution in [0.25, 0.3) is 10.9 Å². The number of aromatic amines is 1. The summed E-state index contributed by atoms with van der Waals surface area (Å²) in [5.74, 6) is -10.7. The minimum atomic E-state index is -2.46. The van der Waals surface area contributed by atoms with Crippen molar-refractivity contribution in [2.24, 2.45) is 0 Å². The number of ether oxygens (including phenoxy) is 2. The van der Waals surface area contributed by atoms with Gasteiger partial charge >= 0.3 is 11.9 Å². The highest BCUT2D eigenvalue weighted by atomic mass is 19.2. The number of amides is 1. The Labute approximate surface area is 162 Å². The summed E-state index contributed by atoms with van der Waals surface area (Å²) in [6, 6.07) is 0. The van der Waals surface area contributed by atoms with Gasteiger partial charge in [-0.25, -0.2) is 27.2 Å². The van der Waals surface area contributed by atoms with Crippen molar-refractivity contribution >= 4 is 28.7 Å². The van der Waals surface area contributed by atoms with Crippen molar-refractivity contribution in [1.29, 1.82) is 0 Å². The summed E-state index contributed by atoms with van der Waals surface area (Å²) in [7, 11) is 0. The molecule has 158 valence electrons. The molecule has 0 spiro atoms. The molecule has 0 aliphatic carbocycles. The summed E-state index contributed by atoms with van der Waals surface area (Å²) in [4.78, 5) is 39.2. The third kappa shape index (κ3) is 3.89. The topological polar surface area (TPSA) is 97.5 Å². The largest absolute Gasteiger partial charge is 0.464 e. The van der Waals surface area contributed by atoms with Crippen LogP contribution in [0.1, 0.15) is 26.3 Å². The van der Waals surface area contributed by atoms with Crippen LogP contribution < -0.4 is 5.32 Å². The van der Waals surface area contributed by atoms with Crippen LogP contribution in [0.5, 0.6) is 0 Å². The van der Waals surface area contributed by atoms with Gasteiger partial charge in [-0.2, -0.15) is 0 Å². The normalized spacial score (nSPS) is 11.4. The van der Waals surface area contributed by atoms with Crippen molar-refractivity contribution in [3.63, 3.8) is 0 Å². The van der Waals surface area contributed by atoms with Gasteiger partial charge in [-0.15, -0.1) is 0 Å². The van der Waals surface area contributed by atoms with Gasteiger partial charge in [-0.1, -0.05) is 0 Å². The van der Waals surface area contributed by atoms with E-state index in [1.54, 1.807) is 0 Å². The standard InChI is InChI=1S/C18H18F4N2O5/c1-4-28-16(26)18(24-8(3)25,17(27)29-5-2)6-9-7-23-15-10(9)11(19)12(20)13(21)14(15)22/h7,23H,4-6H2,1-3H3,(H,24,25). The van der Waals surface area contributed by atoms with Crippen LogP contribution in [0.4, 0.5) is 17.6 Å². The fraction of sp³-hybridized carbons (Fsp3) is 0.389. The molecule has 0 atom stereocenters. The Morgan fingerprint density at radius 3 is 1.97 bits per heavy atom. The summed E-state index contributed by atoms with van der Waals surface area (Å²) >= 11 is 0. The van der Waals surface area contributed by atoms with Crippen molar-refractivity contribution < 1.29 is 41.4 Å². The van der Waals surface area contributed by atoms with Crippen LogP contribution in [-0.2, 0) is 30.3 Å². The number of hydrogen-bond donors (Lipinski definition) is 2. The lowest BCUT2D eigenvalue weighted by Gasteiger charge is -2.29. The number of rotatable bonds is 7. The molecule has 2 N–H and O–H groups in total. The molecule has 0 saturated heterocycles. The lowest BCUT2D eigenvalue weighted by molar-refractivity contribution is -0.167. The highest BCUT2D eigenvalue weighted by Crippen LogP contribution is 2.31. The van der Waals surface area contributed by atoms with Crippen LogP contribution >= 0.6 is 0 Å². The first-order valence-electron chi connectivity index (χ1n) is 8.55. The molecule has 0 radical (unpaired) electrons. The van der Waals surface area contributed by atoms with Crippen LogP contribution in [0.2, 0.25) is 0 Å². The maximum Gasteiger partial charge on any atom is 0.344 e. The third-order valence-electron chi connectivity index (χ3n) is 4.07. The van der Waals surface area contributed by atoms with E-state index in [0.29, 0.717) is 0 Å². The second-order valence-electron chi connectivity index (χ2n) is 6.02. The summed E-state index contributed by atoms with van der Waals surface area (Å²) in [6.45, 7) is 3.56. The minimum absolute atomic E-state index is 0.170. The lowest BCUT2D eigenvalue weighted by Crippen LogP contribution is -2.62. The zero-order valence-electron chi connectivity index (χ0n) is 15.8. The van der Waals surface area contributed by atoms with Gasteiger partial charge in [-0.05, 0) is 19.4 Å². The molecule has 0 fully saturated rings. The molecule has 0 unspecified atom stereocenters. The van der Waals surface area contributed by atoms with E-state index in [4.69, 9.17) is 9.47 Å². The summed E-state index contributed by atoms with van der Waals surface area (Å²) in [5, 5.41) is 1.42. The van der Waals surface area contributed by atoms with Gasteiger partial charge in [0.2, 0.25) is 11.4 Å². The van der Waals surface area contributed by atoms with Gasteiger partial charge in [0.05, 0.1) is 18.7 Å². The molecule has 2 rings (SSSR count). The predicted octanol–water partition coefficient (Wildman–Crippen LogP) is 2.27. The molecular formula is C18H18F4N2O5. The van der Waals surface area contributed by atoms with Gasteiger partial charge in [0, 0.05) is 24.9 Å². The van der Waals surface area contributed by atoms with Gasteiger partial charge in [0.1, 0.15) is 0 Å². The number of aromatic nitrogens is 1. The molecule has 7 nitrogen and oxygen atoms in total. The van der Waals surface area contributed by atoms with E-state index in [-0.39, 0.29) is 18.8 Å². The highest BCUT2D eigenvalue weighted by molar-refractivity contribution is 6.08. The van der Waals surface area contributed by atoms with Crippen LogP contribution in [0.15, 0.2) is 6.20 Å².